The molecule has 2 aliphatic rings. The molecule has 10 nitrogen and oxygen atoms in total. The van der Waals surface area contributed by atoms with Crippen LogP contribution in [-0.2, 0) is 10.2 Å². The largest absolute Gasteiger partial charge is 0.345 e. The highest BCUT2D eigenvalue weighted by atomic mass is 32.2. The number of ketones is 1. The number of aromatic amines is 1. The summed E-state index contributed by atoms with van der Waals surface area (Å²) >= 11 is 0. The molecule has 0 saturated carbocycles. The number of H-pyrrole nitrogens is 1. The van der Waals surface area contributed by atoms with E-state index in [1.165, 1.54) is 28.7 Å². The van der Waals surface area contributed by atoms with E-state index < -0.39 is 21.8 Å². The molecule has 4 aromatic rings. The number of benzene rings is 1. The molecule has 0 aliphatic carbocycles. The van der Waals surface area contributed by atoms with Gasteiger partial charge in [-0.2, -0.15) is 12.7 Å². The molecule has 6 rings (SSSR count). The number of rotatable bonds is 7. The van der Waals surface area contributed by atoms with Gasteiger partial charge in [0.25, 0.3) is 0 Å². The number of anilines is 2. The number of fused-ring (bicyclic) bond motifs is 1. The van der Waals surface area contributed by atoms with E-state index in [4.69, 9.17) is 0 Å². The summed E-state index contributed by atoms with van der Waals surface area (Å²) in [6, 6.07) is 5.89. The van der Waals surface area contributed by atoms with Gasteiger partial charge in [-0.1, -0.05) is 6.07 Å². The number of carbonyl (C=O) groups excluding carboxylic acids is 1. The normalized spacial score (nSPS) is 16.4. The van der Waals surface area contributed by atoms with Gasteiger partial charge >= 0.3 is 10.2 Å². The van der Waals surface area contributed by atoms with Crippen molar-refractivity contribution in [2.75, 3.05) is 35.8 Å². The van der Waals surface area contributed by atoms with Crippen LogP contribution in [-0.4, -0.2) is 64.6 Å². The number of pyridine rings is 1. The van der Waals surface area contributed by atoms with E-state index in [0.717, 1.165) is 44.3 Å². The second-order valence-electron chi connectivity index (χ2n) is 9.50. The first kappa shape index (κ1) is 24.4. The summed E-state index contributed by atoms with van der Waals surface area (Å²) in [6.45, 7) is 2.65. The van der Waals surface area contributed by atoms with Crippen LogP contribution in [0.25, 0.3) is 22.2 Å². The van der Waals surface area contributed by atoms with Crippen LogP contribution < -0.4 is 9.62 Å². The Morgan fingerprint density at radius 1 is 0.921 bits per heavy atom. The smallest absolute Gasteiger partial charge is 0.301 e. The number of aromatic nitrogens is 4. The SMILES string of the molecule is O=C(c1cccc(NS(=O)(=O)N2CCCC2)c1F)c1c[nH]c2ncc(-c3cnc(N4CCCC4)nc3)cc12. The van der Waals surface area contributed by atoms with Crippen molar-refractivity contribution in [3.05, 3.63) is 66.0 Å². The molecular weight excluding hydrogens is 509 g/mol. The maximum atomic E-state index is 15.4. The van der Waals surface area contributed by atoms with Gasteiger partial charge in [0.15, 0.2) is 11.6 Å². The molecule has 0 spiro atoms. The van der Waals surface area contributed by atoms with Gasteiger partial charge in [0.2, 0.25) is 5.95 Å². The molecule has 5 heterocycles. The maximum absolute atomic E-state index is 15.4. The minimum absolute atomic E-state index is 0.224. The summed E-state index contributed by atoms with van der Waals surface area (Å²) in [6.07, 6.45) is 10.4. The van der Waals surface area contributed by atoms with Crippen molar-refractivity contribution in [3.63, 3.8) is 0 Å². The molecule has 1 aromatic carbocycles. The van der Waals surface area contributed by atoms with Crippen LogP contribution in [0.4, 0.5) is 16.0 Å². The van der Waals surface area contributed by atoms with Gasteiger partial charge in [-0.05, 0) is 43.9 Å². The van der Waals surface area contributed by atoms with E-state index in [-0.39, 0.29) is 16.8 Å². The van der Waals surface area contributed by atoms with Crippen molar-refractivity contribution < 1.29 is 17.6 Å². The third-order valence-electron chi connectivity index (χ3n) is 7.02. The van der Waals surface area contributed by atoms with E-state index in [1.807, 2.05) is 0 Å². The molecule has 196 valence electrons. The van der Waals surface area contributed by atoms with E-state index in [0.29, 0.717) is 35.6 Å². The number of nitrogens with zero attached hydrogens (tertiary/aromatic N) is 5. The topological polar surface area (TPSA) is 124 Å². The lowest BCUT2D eigenvalue weighted by molar-refractivity contribution is 0.103. The summed E-state index contributed by atoms with van der Waals surface area (Å²) in [4.78, 5) is 32.0. The summed E-state index contributed by atoms with van der Waals surface area (Å²) in [7, 11) is -3.91. The van der Waals surface area contributed by atoms with E-state index in [1.54, 1.807) is 24.7 Å². The minimum atomic E-state index is -3.91. The number of carbonyl (C=O) groups is 1. The predicted octanol–water partition coefficient (Wildman–Crippen LogP) is 3.74. The fourth-order valence-electron chi connectivity index (χ4n) is 4.96. The molecule has 2 aliphatic heterocycles. The average molecular weight is 536 g/mol. The molecule has 2 fully saturated rings. The summed E-state index contributed by atoms with van der Waals surface area (Å²) in [5.41, 5.74) is 1.64. The zero-order chi connectivity index (χ0) is 26.3. The lowest BCUT2D eigenvalue weighted by atomic mass is 10.0. The fraction of sp³-hybridized carbons (Fsp3) is 0.308. The lowest BCUT2D eigenvalue weighted by Crippen LogP contribution is -2.33. The van der Waals surface area contributed by atoms with Crippen molar-refractivity contribution >= 4 is 38.7 Å². The number of hydrogen-bond acceptors (Lipinski definition) is 7. The summed E-state index contributed by atoms with van der Waals surface area (Å²) in [5, 5.41) is 0.513. The van der Waals surface area contributed by atoms with Gasteiger partial charge in [0, 0.05) is 73.0 Å². The molecule has 0 atom stereocenters. The molecule has 3 aromatic heterocycles. The molecule has 2 saturated heterocycles. The Labute approximate surface area is 219 Å². The van der Waals surface area contributed by atoms with Crippen molar-refractivity contribution in [1.82, 2.24) is 24.2 Å². The Morgan fingerprint density at radius 3 is 2.34 bits per heavy atom. The Kier molecular flexibility index (Phi) is 6.28. The highest BCUT2D eigenvalue weighted by Gasteiger charge is 2.28. The number of halogens is 1. The zero-order valence-electron chi connectivity index (χ0n) is 20.5. The van der Waals surface area contributed by atoms with Gasteiger partial charge in [-0.3, -0.25) is 9.52 Å². The molecule has 0 radical (unpaired) electrons. The maximum Gasteiger partial charge on any atom is 0.301 e. The second kappa shape index (κ2) is 9.76. The summed E-state index contributed by atoms with van der Waals surface area (Å²) < 4.78 is 44.3. The zero-order valence-corrected chi connectivity index (χ0v) is 21.3. The van der Waals surface area contributed by atoms with Gasteiger partial charge in [0.1, 0.15) is 5.65 Å². The van der Waals surface area contributed by atoms with E-state index >= 15 is 4.39 Å². The molecule has 38 heavy (non-hydrogen) atoms. The van der Waals surface area contributed by atoms with E-state index in [9.17, 15) is 13.2 Å². The Hall–Kier alpha value is -3.90. The van der Waals surface area contributed by atoms with Crippen LogP contribution >= 0.6 is 0 Å². The van der Waals surface area contributed by atoms with Crippen LogP contribution in [0.3, 0.4) is 0 Å². The van der Waals surface area contributed by atoms with Gasteiger partial charge in [0.05, 0.1) is 11.3 Å². The van der Waals surface area contributed by atoms with Crippen molar-refractivity contribution in [1.29, 1.82) is 0 Å². The highest BCUT2D eigenvalue weighted by molar-refractivity contribution is 7.90. The van der Waals surface area contributed by atoms with Crippen LogP contribution in [0, 0.1) is 5.82 Å². The van der Waals surface area contributed by atoms with Crippen LogP contribution in [0.15, 0.2) is 49.1 Å². The third-order valence-corrected chi connectivity index (χ3v) is 8.55. The second-order valence-corrected chi connectivity index (χ2v) is 11.2. The van der Waals surface area contributed by atoms with Crippen molar-refractivity contribution in [3.8, 4) is 11.1 Å². The number of hydrogen-bond donors (Lipinski definition) is 2. The number of nitrogens with one attached hydrogen (secondary N) is 2. The molecule has 2 N–H and O–H groups in total. The third kappa shape index (κ3) is 4.50. The van der Waals surface area contributed by atoms with Gasteiger partial charge in [-0.25, -0.2) is 19.3 Å². The molecule has 0 unspecified atom stereocenters. The van der Waals surface area contributed by atoms with Gasteiger partial charge in [-0.15, -0.1) is 0 Å². The van der Waals surface area contributed by atoms with Crippen LogP contribution in [0.2, 0.25) is 0 Å². The predicted molar refractivity (Wildman–Crippen MR) is 142 cm³/mol. The average Bonchev–Trinajstić information content (AvgIpc) is 3.71. The fourth-order valence-corrected chi connectivity index (χ4v) is 6.27. The van der Waals surface area contributed by atoms with Gasteiger partial charge < -0.3 is 9.88 Å². The lowest BCUT2D eigenvalue weighted by Gasteiger charge is -2.17. The first-order valence-corrected chi connectivity index (χ1v) is 14.0. The van der Waals surface area contributed by atoms with Crippen LogP contribution in [0.5, 0.6) is 0 Å². The highest BCUT2D eigenvalue weighted by Crippen LogP contribution is 2.29. The quantitative estimate of drug-likeness (QED) is 0.346. The van der Waals surface area contributed by atoms with E-state index in [2.05, 4.69) is 29.6 Å². The first-order chi connectivity index (χ1) is 18.4. The Morgan fingerprint density at radius 2 is 1.61 bits per heavy atom. The molecule has 12 heteroatoms. The monoisotopic (exact) mass is 535 g/mol. The minimum Gasteiger partial charge on any atom is -0.345 e. The van der Waals surface area contributed by atoms with Crippen molar-refractivity contribution in [2.45, 2.75) is 25.7 Å². The Balaban J connectivity index is 1.30. The molecule has 0 bridgehead atoms. The standard InChI is InChI=1S/C26H26FN7O3S/c27-23-19(6-5-7-22(23)32-38(36,37)34-10-3-4-11-34)24(35)21-16-29-25-20(21)12-17(13-28-25)18-14-30-26(31-15-18)33-8-1-2-9-33/h5-7,12-16,32H,1-4,8-11H2,(H,28,29). The Bertz CT molecular complexity index is 1610. The van der Waals surface area contributed by atoms with Crippen LogP contribution in [0.1, 0.15) is 41.6 Å². The van der Waals surface area contributed by atoms with Crippen molar-refractivity contribution in [2.24, 2.45) is 0 Å². The first-order valence-electron chi connectivity index (χ1n) is 12.6. The molecular formula is C26H26FN7O3S. The summed E-state index contributed by atoms with van der Waals surface area (Å²) in [5.74, 6) is -0.825. The molecule has 0 amide bonds.